The Hall–Kier alpha value is -0.380. The zero-order chi connectivity index (χ0) is 11.8. The largest absolute Gasteiger partial charge is 0.377 e. The van der Waals surface area contributed by atoms with Gasteiger partial charge in [-0.1, -0.05) is 24.5 Å². The minimum absolute atomic E-state index is 0.153. The van der Waals surface area contributed by atoms with Crippen molar-refractivity contribution in [3.8, 4) is 0 Å². The molecule has 0 heterocycles. The summed E-state index contributed by atoms with van der Waals surface area (Å²) in [6, 6.07) is 0.179. The van der Waals surface area contributed by atoms with Crippen LogP contribution < -0.4 is 11.3 Å². The summed E-state index contributed by atoms with van der Waals surface area (Å²) < 4.78 is 5.64. The molecule has 3 heteroatoms. The number of ether oxygens (including phenoxy) is 1. The molecule has 1 aliphatic rings. The molecule has 0 aliphatic heterocycles. The van der Waals surface area contributed by atoms with Gasteiger partial charge in [-0.3, -0.25) is 11.3 Å². The van der Waals surface area contributed by atoms with Crippen molar-refractivity contribution in [1.82, 2.24) is 5.43 Å². The molecule has 1 aliphatic carbocycles. The normalized spacial score (nSPS) is 21.8. The van der Waals surface area contributed by atoms with E-state index in [4.69, 9.17) is 10.6 Å². The van der Waals surface area contributed by atoms with Crippen molar-refractivity contribution in [3.05, 3.63) is 11.6 Å². The molecule has 2 atom stereocenters. The molecule has 16 heavy (non-hydrogen) atoms. The van der Waals surface area contributed by atoms with E-state index in [0.717, 1.165) is 13.0 Å². The third-order valence-electron chi connectivity index (χ3n) is 3.30. The van der Waals surface area contributed by atoms with Crippen LogP contribution in [0.25, 0.3) is 0 Å². The van der Waals surface area contributed by atoms with Crippen molar-refractivity contribution in [3.63, 3.8) is 0 Å². The molecule has 0 fully saturated rings. The molecule has 94 valence electrons. The fraction of sp³-hybridized carbons (Fsp3) is 0.846. The Morgan fingerprint density at radius 2 is 2.12 bits per heavy atom. The molecule has 0 bridgehead atoms. The standard InChI is InChI=1S/C13H26N2O/c1-3-16-11(2)13(15-14)12-9-7-5-4-6-8-10-12/h9,11,13,15H,3-8,10,14H2,1-2H3. The van der Waals surface area contributed by atoms with E-state index in [1.165, 1.54) is 37.7 Å². The molecule has 2 unspecified atom stereocenters. The van der Waals surface area contributed by atoms with Crippen molar-refractivity contribution in [2.45, 2.75) is 64.5 Å². The zero-order valence-electron chi connectivity index (χ0n) is 10.7. The summed E-state index contributed by atoms with van der Waals surface area (Å²) in [5.74, 6) is 5.65. The van der Waals surface area contributed by atoms with Crippen molar-refractivity contribution in [1.29, 1.82) is 0 Å². The molecule has 0 saturated heterocycles. The first-order chi connectivity index (χ1) is 7.79. The Morgan fingerprint density at radius 1 is 1.38 bits per heavy atom. The van der Waals surface area contributed by atoms with Gasteiger partial charge in [0.2, 0.25) is 0 Å². The number of allylic oxidation sites excluding steroid dienone is 1. The van der Waals surface area contributed by atoms with E-state index in [1.807, 2.05) is 6.92 Å². The van der Waals surface area contributed by atoms with Gasteiger partial charge in [-0.05, 0) is 39.5 Å². The molecule has 0 aromatic rings. The van der Waals surface area contributed by atoms with Gasteiger partial charge in [0, 0.05) is 6.61 Å². The van der Waals surface area contributed by atoms with Crippen molar-refractivity contribution in [2.24, 2.45) is 5.84 Å². The molecule has 3 N–H and O–H groups in total. The maximum atomic E-state index is 5.65. The summed E-state index contributed by atoms with van der Waals surface area (Å²) in [5.41, 5.74) is 4.34. The molecule has 0 radical (unpaired) electrons. The Morgan fingerprint density at radius 3 is 2.81 bits per heavy atom. The number of rotatable bonds is 5. The van der Waals surface area contributed by atoms with Crippen LogP contribution >= 0.6 is 0 Å². The van der Waals surface area contributed by atoms with Gasteiger partial charge in [0.05, 0.1) is 12.1 Å². The van der Waals surface area contributed by atoms with Gasteiger partial charge in [-0.25, -0.2) is 0 Å². The average Bonchev–Trinajstić information content (AvgIpc) is 2.22. The second kappa shape index (κ2) is 7.82. The first-order valence-corrected chi connectivity index (χ1v) is 6.56. The number of hydrogen-bond acceptors (Lipinski definition) is 3. The molecular formula is C13H26N2O. The van der Waals surface area contributed by atoms with E-state index < -0.39 is 0 Å². The molecule has 1 rings (SSSR count). The SMILES string of the molecule is CCOC(C)C(NN)C1=CCCCCCC1. The van der Waals surface area contributed by atoms with Crippen LogP contribution in [0.1, 0.15) is 52.4 Å². The van der Waals surface area contributed by atoms with Crippen LogP contribution in [0.5, 0.6) is 0 Å². The van der Waals surface area contributed by atoms with Crippen LogP contribution in [0.2, 0.25) is 0 Å². The maximum Gasteiger partial charge on any atom is 0.0751 e. The monoisotopic (exact) mass is 226 g/mol. The van der Waals surface area contributed by atoms with Crippen molar-refractivity contribution in [2.75, 3.05) is 6.61 Å². The topological polar surface area (TPSA) is 47.3 Å². The van der Waals surface area contributed by atoms with E-state index in [9.17, 15) is 0 Å². The molecule has 0 aromatic heterocycles. The van der Waals surface area contributed by atoms with Gasteiger partial charge in [0.1, 0.15) is 0 Å². The molecule has 0 spiro atoms. The summed E-state index contributed by atoms with van der Waals surface area (Å²) in [6.07, 6.45) is 10.2. The third kappa shape index (κ3) is 4.24. The zero-order valence-corrected chi connectivity index (χ0v) is 10.7. The van der Waals surface area contributed by atoms with Crippen LogP contribution in [-0.4, -0.2) is 18.8 Å². The highest BCUT2D eigenvalue weighted by atomic mass is 16.5. The van der Waals surface area contributed by atoms with Gasteiger partial charge in [-0.2, -0.15) is 0 Å². The van der Waals surface area contributed by atoms with Crippen molar-refractivity contribution >= 4 is 0 Å². The first-order valence-electron chi connectivity index (χ1n) is 6.56. The quantitative estimate of drug-likeness (QED) is 0.430. The summed E-state index contributed by atoms with van der Waals surface area (Å²) in [7, 11) is 0. The fourth-order valence-electron chi connectivity index (χ4n) is 2.40. The lowest BCUT2D eigenvalue weighted by Crippen LogP contribution is -2.45. The van der Waals surface area contributed by atoms with Gasteiger partial charge in [0.15, 0.2) is 0 Å². The van der Waals surface area contributed by atoms with E-state index in [1.54, 1.807) is 0 Å². The summed E-state index contributed by atoms with van der Waals surface area (Å²) in [6.45, 7) is 4.86. The minimum atomic E-state index is 0.153. The third-order valence-corrected chi connectivity index (χ3v) is 3.30. The van der Waals surface area contributed by atoms with Gasteiger partial charge in [-0.15, -0.1) is 0 Å². The second-order valence-electron chi connectivity index (χ2n) is 4.54. The van der Waals surface area contributed by atoms with Gasteiger partial charge < -0.3 is 4.74 Å². The molecule has 0 aromatic carbocycles. The Kier molecular flexibility index (Phi) is 6.69. The highest BCUT2D eigenvalue weighted by molar-refractivity contribution is 5.13. The molecule has 3 nitrogen and oxygen atoms in total. The number of hydrogen-bond donors (Lipinski definition) is 2. The summed E-state index contributed by atoms with van der Waals surface area (Å²) in [4.78, 5) is 0. The average molecular weight is 226 g/mol. The fourth-order valence-corrected chi connectivity index (χ4v) is 2.40. The first kappa shape index (κ1) is 13.7. The van der Waals surface area contributed by atoms with Crippen LogP contribution in [0.3, 0.4) is 0 Å². The van der Waals surface area contributed by atoms with E-state index >= 15 is 0 Å². The van der Waals surface area contributed by atoms with Gasteiger partial charge in [0.25, 0.3) is 0 Å². The van der Waals surface area contributed by atoms with Crippen LogP contribution in [0.4, 0.5) is 0 Å². The van der Waals surface area contributed by atoms with E-state index in [-0.39, 0.29) is 12.1 Å². The Labute approximate surface area is 99.4 Å². The molecular weight excluding hydrogens is 200 g/mol. The number of nitrogens with one attached hydrogen (secondary N) is 1. The molecule has 0 saturated carbocycles. The maximum absolute atomic E-state index is 5.65. The second-order valence-corrected chi connectivity index (χ2v) is 4.54. The summed E-state index contributed by atoms with van der Waals surface area (Å²) in [5, 5.41) is 0. The minimum Gasteiger partial charge on any atom is -0.377 e. The lowest BCUT2D eigenvalue weighted by molar-refractivity contribution is 0.0556. The van der Waals surface area contributed by atoms with E-state index in [0.29, 0.717) is 0 Å². The Bertz CT molecular complexity index is 216. The van der Waals surface area contributed by atoms with Crippen molar-refractivity contribution < 1.29 is 4.74 Å². The van der Waals surface area contributed by atoms with Crippen LogP contribution in [-0.2, 0) is 4.74 Å². The predicted molar refractivity (Wildman–Crippen MR) is 68.0 cm³/mol. The summed E-state index contributed by atoms with van der Waals surface area (Å²) >= 11 is 0. The molecule has 0 amide bonds. The van der Waals surface area contributed by atoms with Crippen LogP contribution in [0, 0.1) is 0 Å². The highest BCUT2D eigenvalue weighted by Crippen LogP contribution is 2.21. The lowest BCUT2D eigenvalue weighted by Gasteiger charge is -2.27. The number of hydrazine groups is 1. The Balaban J connectivity index is 2.61. The lowest BCUT2D eigenvalue weighted by atomic mass is 9.93. The highest BCUT2D eigenvalue weighted by Gasteiger charge is 2.20. The smallest absolute Gasteiger partial charge is 0.0751 e. The van der Waals surface area contributed by atoms with E-state index in [2.05, 4.69) is 18.4 Å². The predicted octanol–water partition coefficient (Wildman–Crippen LogP) is 2.52. The van der Waals surface area contributed by atoms with Gasteiger partial charge >= 0.3 is 0 Å². The number of nitrogens with two attached hydrogens (primary N) is 1. The van der Waals surface area contributed by atoms with Crippen LogP contribution in [0.15, 0.2) is 11.6 Å².